The van der Waals surface area contributed by atoms with Gasteiger partial charge in [0, 0.05) is 12.0 Å². The maximum atomic E-state index is 11.3. The zero-order valence-corrected chi connectivity index (χ0v) is 10.3. The van der Waals surface area contributed by atoms with Gasteiger partial charge in [-0.2, -0.15) is 0 Å². The molecule has 0 radical (unpaired) electrons. The molecule has 0 unspecified atom stereocenters. The van der Waals surface area contributed by atoms with Crippen molar-refractivity contribution in [2.24, 2.45) is 5.41 Å². The van der Waals surface area contributed by atoms with Gasteiger partial charge < -0.3 is 15.2 Å². The summed E-state index contributed by atoms with van der Waals surface area (Å²) in [5.41, 5.74) is -0.117. The predicted octanol–water partition coefficient (Wildman–Crippen LogP) is 2.06. The van der Waals surface area contributed by atoms with Gasteiger partial charge in [0.25, 0.3) is 0 Å². The number of aliphatic hydroxyl groups excluding tert-OH is 1. The van der Waals surface area contributed by atoms with Crippen LogP contribution in [0.5, 0.6) is 0 Å². The zero-order chi connectivity index (χ0) is 12.0. The number of hydrogen-bond donors (Lipinski definition) is 2. The molecule has 0 atom stereocenters. The van der Waals surface area contributed by atoms with E-state index in [-0.39, 0.29) is 24.2 Å². The highest BCUT2D eigenvalue weighted by molar-refractivity contribution is 5.67. The van der Waals surface area contributed by atoms with Crippen LogP contribution in [0.15, 0.2) is 0 Å². The molecule has 0 spiro atoms. The van der Waals surface area contributed by atoms with Crippen molar-refractivity contribution in [2.45, 2.75) is 52.1 Å². The Bertz CT molecular complexity index is 222. The molecule has 2 N–H and O–H groups in total. The second-order valence-electron chi connectivity index (χ2n) is 5.03. The van der Waals surface area contributed by atoms with Crippen molar-refractivity contribution >= 4 is 6.09 Å². The van der Waals surface area contributed by atoms with Crippen molar-refractivity contribution in [2.75, 3.05) is 13.2 Å². The predicted molar refractivity (Wildman–Crippen MR) is 62.2 cm³/mol. The van der Waals surface area contributed by atoms with Gasteiger partial charge in [0.15, 0.2) is 0 Å². The van der Waals surface area contributed by atoms with E-state index in [1.54, 1.807) is 0 Å². The maximum absolute atomic E-state index is 11.3. The number of amides is 1. The summed E-state index contributed by atoms with van der Waals surface area (Å²) < 4.78 is 5.00. The third-order valence-electron chi connectivity index (χ3n) is 3.20. The van der Waals surface area contributed by atoms with Crippen molar-refractivity contribution in [3.05, 3.63) is 0 Å². The number of aliphatic hydroxyl groups is 1. The number of alkyl carbamates (subject to hydrolysis) is 1. The Labute approximate surface area is 97.4 Å². The molecular formula is C12H23NO3. The van der Waals surface area contributed by atoms with E-state index in [0.717, 1.165) is 25.7 Å². The molecule has 1 aliphatic carbocycles. The molecule has 0 aromatic heterocycles. The largest absolute Gasteiger partial charge is 0.447 e. The summed E-state index contributed by atoms with van der Waals surface area (Å²) in [6, 6.07) is 0. The van der Waals surface area contributed by atoms with Crippen LogP contribution in [0.4, 0.5) is 4.79 Å². The number of carbonyl (C=O) groups excluding carboxylic acids is 1. The average Bonchev–Trinajstić information content (AvgIpc) is 2.27. The third kappa shape index (κ3) is 4.00. The summed E-state index contributed by atoms with van der Waals surface area (Å²) in [6.07, 6.45) is 5.02. The number of nitrogens with one attached hydrogen (secondary N) is 1. The summed E-state index contributed by atoms with van der Waals surface area (Å²) >= 11 is 0. The van der Waals surface area contributed by atoms with Crippen LogP contribution in [-0.4, -0.2) is 30.5 Å². The Kier molecular flexibility index (Phi) is 5.06. The Morgan fingerprint density at radius 1 is 1.38 bits per heavy atom. The highest BCUT2D eigenvalue weighted by Gasteiger charge is 2.31. The first kappa shape index (κ1) is 13.3. The van der Waals surface area contributed by atoms with Gasteiger partial charge in [-0.05, 0) is 26.7 Å². The number of hydrogen-bond acceptors (Lipinski definition) is 3. The van der Waals surface area contributed by atoms with Gasteiger partial charge in [-0.3, -0.25) is 0 Å². The zero-order valence-electron chi connectivity index (χ0n) is 10.3. The normalized spacial score (nSPS) is 19.5. The molecule has 0 aromatic carbocycles. The van der Waals surface area contributed by atoms with Crippen molar-refractivity contribution in [1.29, 1.82) is 0 Å². The molecule has 1 amide bonds. The van der Waals surface area contributed by atoms with E-state index in [4.69, 9.17) is 4.74 Å². The molecule has 0 heterocycles. The Morgan fingerprint density at radius 2 is 2.00 bits per heavy atom. The van der Waals surface area contributed by atoms with Gasteiger partial charge in [-0.1, -0.05) is 19.3 Å². The Morgan fingerprint density at radius 3 is 2.50 bits per heavy atom. The lowest BCUT2D eigenvalue weighted by atomic mass is 9.74. The van der Waals surface area contributed by atoms with Crippen LogP contribution in [0.1, 0.15) is 46.0 Å². The van der Waals surface area contributed by atoms with Crippen LogP contribution in [0.25, 0.3) is 0 Å². The fourth-order valence-electron chi connectivity index (χ4n) is 2.21. The van der Waals surface area contributed by atoms with E-state index >= 15 is 0 Å². The maximum Gasteiger partial charge on any atom is 0.407 e. The van der Waals surface area contributed by atoms with Crippen LogP contribution in [0.2, 0.25) is 0 Å². The molecule has 1 fully saturated rings. The number of carbonyl (C=O) groups is 1. The molecule has 1 rings (SSSR count). The minimum atomic E-state index is -0.381. The van der Waals surface area contributed by atoms with Crippen molar-refractivity contribution in [3.8, 4) is 0 Å². The van der Waals surface area contributed by atoms with Crippen LogP contribution >= 0.6 is 0 Å². The van der Waals surface area contributed by atoms with Gasteiger partial charge in [-0.15, -0.1) is 0 Å². The van der Waals surface area contributed by atoms with Crippen molar-refractivity contribution in [3.63, 3.8) is 0 Å². The fraction of sp³-hybridized carbons (Fsp3) is 0.917. The lowest BCUT2D eigenvalue weighted by Gasteiger charge is -2.35. The van der Waals surface area contributed by atoms with Crippen LogP contribution in [0.3, 0.4) is 0 Å². The van der Waals surface area contributed by atoms with Gasteiger partial charge >= 0.3 is 6.09 Å². The molecule has 4 nitrogen and oxygen atoms in total. The standard InChI is InChI=1S/C12H23NO3/c1-10(2)16-11(15)13-8-12(9-14)6-4-3-5-7-12/h10,14H,3-9H2,1-2H3,(H,13,15). The second kappa shape index (κ2) is 6.09. The van der Waals surface area contributed by atoms with Crippen molar-refractivity contribution < 1.29 is 14.6 Å². The number of rotatable bonds is 4. The Balaban J connectivity index is 2.35. The third-order valence-corrected chi connectivity index (χ3v) is 3.20. The molecule has 4 heteroatoms. The smallest absolute Gasteiger partial charge is 0.407 e. The summed E-state index contributed by atoms with van der Waals surface area (Å²) in [6.45, 7) is 4.31. The van der Waals surface area contributed by atoms with E-state index in [9.17, 15) is 9.90 Å². The summed E-state index contributed by atoms with van der Waals surface area (Å²) in [5, 5.41) is 12.2. The monoisotopic (exact) mass is 229 g/mol. The second-order valence-corrected chi connectivity index (χ2v) is 5.03. The van der Waals surface area contributed by atoms with Crippen LogP contribution in [0, 0.1) is 5.41 Å². The minimum absolute atomic E-state index is 0.101. The topological polar surface area (TPSA) is 58.6 Å². The minimum Gasteiger partial charge on any atom is -0.447 e. The SMILES string of the molecule is CC(C)OC(=O)NCC1(CO)CCCCC1. The van der Waals surface area contributed by atoms with E-state index in [1.807, 2.05) is 13.8 Å². The quantitative estimate of drug-likeness (QED) is 0.775. The van der Waals surface area contributed by atoms with E-state index < -0.39 is 0 Å². The van der Waals surface area contributed by atoms with Crippen molar-refractivity contribution in [1.82, 2.24) is 5.32 Å². The first-order chi connectivity index (χ1) is 7.58. The average molecular weight is 229 g/mol. The molecule has 0 aromatic rings. The summed E-state index contributed by atoms with van der Waals surface area (Å²) in [4.78, 5) is 11.3. The molecule has 1 saturated carbocycles. The lowest BCUT2D eigenvalue weighted by Crippen LogP contribution is -2.42. The first-order valence-corrected chi connectivity index (χ1v) is 6.13. The molecule has 0 aliphatic heterocycles. The molecule has 16 heavy (non-hydrogen) atoms. The van der Waals surface area contributed by atoms with Crippen LogP contribution in [-0.2, 0) is 4.74 Å². The van der Waals surface area contributed by atoms with E-state index in [0.29, 0.717) is 6.54 Å². The van der Waals surface area contributed by atoms with Gasteiger partial charge in [0.05, 0.1) is 12.7 Å². The summed E-state index contributed by atoms with van der Waals surface area (Å²) in [5.74, 6) is 0. The van der Waals surface area contributed by atoms with Crippen LogP contribution < -0.4 is 5.32 Å². The Hall–Kier alpha value is -0.770. The van der Waals surface area contributed by atoms with E-state index in [2.05, 4.69) is 5.32 Å². The van der Waals surface area contributed by atoms with Gasteiger partial charge in [-0.25, -0.2) is 4.79 Å². The van der Waals surface area contributed by atoms with Gasteiger partial charge in [0.1, 0.15) is 0 Å². The highest BCUT2D eigenvalue weighted by atomic mass is 16.6. The van der Waals surface area contributed by atoms with Gasteiger partial charge in [0.2, 0.25) is 0 Å². The summed E-state index contributed by atoms with van der Waals surface area (Å²) in [7, 11) is 0. The molecular weight excluding hydrogens is 206 g/mol. The molecule has 94 valence electrons. The molecule has 1 aliphatic rings. The fourth-order valence-corrected chi connectivity index (χ4v) is 2.21. The van der Waals surface area contributed by atoms with E-state index in [1.165, 1.54) is 6.42 Å². The first-order valence-electron chi connectivity index (χ1n) is 6.13. The molecule has 0 bridgehead atoms. The molecule has 0 saturated heterocycles. The lowest BCUT2D eigenvalue weighted by molar-refractivity contribution is 0.0712. The number of ether oxygens (including phenoxy) is 1. The highest BCUT2D eigenvalue weighted by Crippen LogP contribution is 2.35.